The molecule has 20 heavy (non-hydrogen) atoms. The van der Waals surface area contributed by atoms with Crippen LogP contribution in [0.2, 0.25) is 10.3 Å². The number of carbonyl (C=O) groups excluding carboxylic acids is 1. The van der Waals surface area contributed by atoms with Gasteiger partial charge in [0.15, 0.2) is 5.15 Å². The molecule has 1 aromatic carbocycles. The molecule has 1 amide bonds. The number of benzene rings is 1. The molecule has 0 radical (unpaired) electrons. The Hall–Kier alpha value is -1.62. The van der Waals surface area contributed by atoms with Crippen molar-refractivity contribution in [3.05, 3.63) is 57.3 Å². The van der Waals surface area contributed by atoms with Crippen LogP contribution in [0, 0.1) is 6.92 Å². The van der Waals surface area contributed by atoms with Gasteiger partial charge in [0.2, 0.25) is 0 Å². The van der Waals surface area contributed by atoms with Crippen molar-refractivity contribution in [3.63, 3.8) is 0 Å². The zero-order valence-corrected chi connectivity index (χ0v) is 12.3. The third-order valence-electron chi connectivity index (χ3n) is 2.83. The highest BCUT2D eigenvalue weighted by molar-refractivity contribution is 6.35. The van der Waals surface area contributed by atoms with Crippen LogP contribution in [0.3, 0.4) is 0 Å². The van der Waals surface area contributed by atoms with Gasteiger partial charge in [0.25, 0.3) is 5.91 Å². The SMILES string of the molecule is Cc1cc(Cl)nc(Cl)c1NC(=O)c1ccc(CN)cc1. The number of hydrogen-bond acceptors (Lipinski definition) is 3. The lowest BCUT2D eigenvalue weighted by Crippen LogP contribution is -2.13. The van der Waals surface area contributed by atoms with Crippen LogP contribution in [0.25, 0.3) is 0 Å². The van der Waals surface area contributed by atoms with Gasteiger partial charge >= 0.3 is 0 Å². The number of anilines is 1. The highest BCUT2D eigenvalue weighted by atomic mass is 35.5. The summed E-state index contributed by atoms with van der Waals surface area (Å²) in [6.07, 6.45) is 0. The van der Waals surface area contributed by atoms with Gasteiger partial charge in [-0.3, -0.25) is 4.79 Å². The summed E-state index contributed by atoms with van der Waals surface area (Å²) in [5.74, 6) is -0.261. The number of hydrogen-bond donors (Lipinski definition) is 2. The summed E-state index contributed by atoms with van der Waals surface area (Å²) in [5, 5.41) is 3.19. The molecule has 0 aliphatic rings. The second-order valence-electron chi connectivity index (χ2n) is 4.28. The molecule has 1 aromatic heterocycles. The molecule has 0 aliphatic carbocycles. The van der Waals surface area contributed by atoms with Gasteiger partial charge < -0.3 is 11.1 Å². The summed E-state index contributed by atoms with van der Waals surface area (Å²) in [5.41, 5.74) is 8.21. The van der Waals surface area contributed by atoms with E-state index in [4.69, 9.17) is 28.9 Å². The summed E-state index contributed by atoms with van der Waals surface area (Å²) in [6, 6.07) is 8.68. The fraction of sp³-hybridized carbons (Fsp3) is 0.143. The molecule has 0 saturated heterocycles. The van der Waals surface area contributed by atoms with Crippen molar-refractivity contribution in [3.8, 4) is 0 Å². The van der Waals surface area contributed by atoms with E-state index in [1.165, 1.54) is 0 Å². The second-order valence-corrected chi connectivity index (χ2v) is 5.03. The smallest absolute Gasteiger partial charge is 0.255 e. The quantitative estimate of drug-likeness (QED) is 0.854. The molecule has 2 rings (SSSR count). The molecule has 6 heteroatoms. The van der Waals surface area contributed by atoms with Gasteiger partial charge in [0.1, 0.15) is 5.15 Å². The predicted molar refractivity (Wildman–Crippen MR) is 81.3 cm³/mol. The number of nitrogens with two attached hydrogens (primary N) is 1. The Morgan fingerprint density at radius 2 is 1.95 bits per heavy atom. The molecule has 0 saturated carbocycles. The monoisotopic (exact) mass is 309 g/mol. The molecule has 0 atom stereocenters. The Kier molecular flexibility index (Phi) is 4.60. The van der Waals surface area contributed by atoms with Crippen molar-refractivity contribution in [2.24, 2.45) is 5.73 Å². The van der Waals surface area contributed by atoms with Crippen LogP contribution in [-0.4, -0.2) is 10.9 Å². The van der Waals surface area contributed by atoms with Crippen molar-refractivity contribution in [1.82, 2.24) is 4.98 Å². The molecule has 2 aromatic rings. The molecule has 3 N–H and O–H groups in total. The molecule has 104 valence electrons. The van der Waals surface area contributed by atoms with Crippen LogP contribution in [0.4, 0.5) is 5.69 Å². The minimum Gasteiger partial charge on any atom is -0.326 e. The van der Waals surface area contributed by atoms with Crippen molar-refractivity contribution >= 4 is 34.8 Å². The maximum Gasteiger partial charge on any atom is 0.255 e. The number of rotatable bonds is 3. The molecule has 1 heterocycles. The molecule has 0 fully saturated rings. The average molecular weight is 310 g/mol. The molecular formula is C14H13Cl2N3O. The number of amides is 1. The standard InChI is InChI=1S/C14H13Cl2N3O/c1-8-6-11(15)18-13(16)12(8)19-14(20)10-4-2-9(7-17)3-5-10/h2-6H,7,17H2,1H3,(H,19,20). The van der Waals surface area contributed by atoms with Gasteiger partial charge in [-0.05, 0) is 36.2 Å². The van der Waals surface area contributed by atoms with Crippen molar-refractivity contribution in [1.29, 1.82) is 0 Å². The van der Waals surface area contributed by atoms with Gasteiger partial charge in [-0.2, -0.15) is 0 Å². The lowest BCUT2D eigenvalue weighted by Gasteiger charge is -2.10. The van der Waals surface area contributed by atoms with Crippen LogP contribution in [0.1, 0.15) is 21.5 Å². The lowest BCUT2D eigenvalue weighted by atomic mass is 10.1. The van der Waals surface area contributed by atoms with E-state index in [9.17, 15) is 4.79 Å². The lowest BCUT2D eigenvalue weighted by molar-refractivity contribution is 0.102. The first-order valence-corrected chi connectivity index (χ1v) is 6.70. The third kappa shape index (κ3) is 3.28. The number of carbonyl (C=O) groups is 1. The first-order chi connectivity index (χ1) is 9.51. The summed E-state index contributed by atoms with van der Waals surface area (Å²) in [4.78, 5) is 16.0. The van der Waals surface area contributed by atoms with Crippen LogP contribution in [-0.2, 0) is 6.54 Å². The number of pyridine rings is 1. The molecule has 0 aliphatic heterocycles. The van der Waals surface area contributed by atoms with Gasteiger partial charge in [0.05, 0.1) is 5.69 Å². The number of nitrogens with one attached hydrogen (secondary N) is 1. The number of halogens is 2. The normalized spacial score (nSPS) is 10.4. The van der Waals surface area contributed by atoms with Crippen molar-refractivity contribution < 1.29 is 4.79 Å². The van der Waals surface area contributed by atoms with Gasteiger partial charge in [0, 0.05) is 12.1 Å². The minimum absolute atomic E-state index is 0.168. The summed E-state index contributed by atoms with van der Waals surface area (Å²) in [7, 11) is 0. The first-order valence-electron chi connectivity index (χ1n) is 5.94. The molecular weight excluding hydrogens is 297 g/mol. The molecule has 0 unspecified atom stereocenters. The third-order valence-corrected chi connectivity index (χ3v) is 3.30. The van der Waals surface area contributed by atoms with Crippen LogP contribution < -0.4 is 11.1 Å². The van der Waals surface area contributed by atoms with E-state index in [1.54, 1.807) is 25.1 Å². The second kappa shape index (κ2) is 6.22. The predicted octanol–water partition coefficient (Wildman–Crippen LogP) is 3.41. The fourth-order valence-electron chi connectivity index (χ4n) is 1.72. The summed E-state index contributed by atoms with van der Waals surface area (Å²) in [6.45, 7) is 2.24. The number of aromatic nitrogens is 1. The van der Waals surface area contributed by atoms with Crippen molar-refractivity contribution in [2.45, 2.75) is 13.5 Å². The van der Waals surface area contributed by atoms with E-state index in [1.807, 2.05) is 12.1 Å². The highest BCUT2D eigenvalue weighted by Crippen LogP contribution is 2.26. The van der Waals surface area contributed by atoms with Gasteiger partial charge in [-0.15, -0.1) is 0 Å². The number of nitrogens with zero attached hydrogens (tertiary/aromatic N) is 1. The maximum absolute atomic E-state index is 12.1. The van der Waals surface area contributed by atoms with Crippen LogP contribution in [0.5, 0.6) is 0 Å². The average Bonchev–Trinajstić information content (AvgIpc) is 2.42. The van der Waals surface area contributed by atoms with E-state index in [2.05, 4.69) is 10.3 Å². The van der Waals surface area contributed by atoms with Gasteiger partial charge in [-0.25, -0.2) is 4.98 Å². The largest absolute Gasteiger partial charge is 0.326 e. The summed E-state index contributed by atoms with van der Waals surface area (Å²) >= 11 is 11.8. The Morgan fingerprint density at radius 3 is 2.50 bits per heavy atom. The van der Waals surface area contributed by atoms with Crippen molar-refractivity contribution in [2.75, 3.05) is 5.32 Å². The van der Waals surface area contributed by atoms with E-state index < -0.39 is 0 Å². The Morgan fingerprint density at radius 1 is 1.30 bits per heavy atom. The zero-order valence-electron chi connectivity index (χ0n) is 10.8. The number of aryl methyl sites for hydroxylation is 1. The van der Waals surface area contributed by atoms with E-state index in [0.717, 1.165) is 11.1 Å². The zero-order chi connectivity index (χ0) is 14.7. The topological polar surface area (TPSA) is 68.0 Å². The van der Waals surface area contributed by atoms with Gasteiger partial charge in [-0.1, -0.05) is 35.3 Å². The molecule has 0 bridgehead atoms. The van der Waals surface area contributed by atoms with E-state index >= 15 is 0 Å². The Balaban J connectivity index is 2.23. The van der Waals surface area contributed by atoms with E-state index in [-0.39, 0.29) is 16.2 Å². The molecule has 4 nitrogen and oxygen atoms in total. The fourth-order valence-corrected chi connectivity index (χ4v) is 2.30. The van der Waals surface area contributed by atoms with Crippen LogP contribution in [0.15, 0.2) is 30.3 Å². The Labute approximate surface area is 126 Å². The Bertz CT molecular complexity index is 618. The van der Waals surface area contributed by atoms with E-state index in [0.29, 0.717) is 17.8 Å². The minimum atomic E-state index is -0.261. The molecule has 0 spiro atoms. The maximum atomic E-state index is 12.1. The van der Waals surface area contributed by atoms with Crippen LogP contribution >= 0.6 is 23.2 Å². The highest BCUT2D eigenvalue weighted by Gasteiger charge is 2.12. The first kappa shape index (κ1) is 14.8. The summed E-state index contributed by atoms with van der Waals surface area (Å²) < 4.78 is 0.